The second-order valence-electron chi connectivity index (χ2n) is 7.45. The molecule has 3 heterocycles. The Morgan fingerprint density at radius 1 is 1.27 bits per heavy atom. The first-order chi connectivity index (χ1) is 14.5. The molecule has 1 aromatic carbocycles. The van der Waals surface area contributed by atoms with Crippen LogP contribution < -0.4 is 10.9 Å². The highest BCUT2D eigenvalue weighted by Crippen LogP contribution is 2.25. The van der Waals surface area contributed by atoms with Gasteiger partial charge in [0.25, 0.3) is 5.56 Å². The summed E-state index contributed by atoms with van der Waals surface area (Å²) >= 11 is 2.73. The summed E-state index contributed by atoms with van der Waals surface area (Å²) < 4.78 is 4.23. The molecule has 3 aromatic heterocycles. The van der Waals surface area contributed by atoms with Crippen molar-refractivity contribution in [1.29, 1.82) is 0 Å². The number of carbonyl (C=O) groups excluding carboxylic acids is 1. The zero-order valence-electron chi connectivity index (χ0n) is 17.1. The van der Waals surface area contributed by atoms with Crippen LogP contribution in [0.5, 0.6) is 0 Å². The number of aryl methyl sites for hydroxylation is 1. The van der Waals surface area contributed by atoms with Crippen molar-refractivity contribution in [2.75, 3.05) is 11.1 Å². The van der Waals surface area contributed by atoms with Crippen molar-refractivity contribution < 1.29 is 4.79 Å². The number of hydrogen-bond donors (Lipinski definition) is 1. The van der Waals surface area contributed by atoms with Gasteiger partial charge in [-0.1, -0.05) is 44.7 Å². The molecule has 0 spiro atoms. The van der Waals surface area contributed by atoms with Gasteiger partial charge in [-0.2, -0.15) is 0 Å². The van der Waals surface area contributed by atoms with E-state index in [0.717, 1.165) is 17.6 Å². The molecule has 4 rings (SSSR count). The zero-order valence-corrected chi connectivity index (χ0v) is 18.7. The fourth-order valence-electron chi connectivity index (χ4n) is 3.32. The third kappa shape index (κ3) is 3.99. The van der Waals surface area contributed by atoms with E-state index in [4.69, 9.17) is 0 Å². The average molecular weight is 442 g/mol. The normalized spacial score (nSPS) is 11.6. The molecule has 9 heteroatoms. The number of nitrogens with one attached hydrogen (secondary N) is 1. The Kier molecular flexibility index (Phi) is 5.92. The molecule has 0 radical (unpaired) electrons. The predicted molar refractivity (Wildman–Crippen MR) is 123 cm³/mol. The topological polar surface area (TPSA) is 81.3 Å². The van der Waals surface area contributed by atoms with Gasteiger partial charge in [0.15, 0.2) is 5.16 Å². The predicted octanol–water partition coefficient (Wildman–Crippen LogP) is 4.05. The first kappa shape index (κ1) is 20.6. The molecular weight excluding hydrogens is 418 g/mol. The second kappa shape index (κ2) is 8.61. The van der Waals surface area contributed by atoms with Crippen LogP contribution in [0.4, 0.5) is 5.69 Å². The first-order valence-corrected chi connectivity index (χ1v) is 11.7. The Morgan fingerprint density at radius 3 is 2.87 bits per heavy atom. The van der Waals surface area contributed by atoms with E-state index in [1.54, 1.807) is 4.57 Å². The van der Waals surface area contributed by atoms with Gasteiger partial charge in [0.2, 0.25) is 11.7 Å². The van der Waals surface area contributed by atoms with Crippen LogP contribution in [0.3, 0.4) is 0 Å². The van der Waals surface area contributed by atoms with Crippen LogP contribution in [-0.2, 0) is 17.8 Å². The van der Waals surface area contributed by atoms with E-state index in [-0.39, 0.29) is 17.2 Å². The Balaban J connectivity index is 1.61. The van der Waals surface area contributed by atoms with Gasteiger partial charge in [-0.25, -0.2) is 0 Å². The smallest absolute Gasteiger partial charge is 0.272 e. The fourth-order valence-corrected chi connectivity index (χ4v) is 4.88. The second-order valence-corrected chi connectivity index (χ2v) is 9.31. The fraction of sp³-hybridized carbons (Fsp3) is 0.333. The van der Waals surface area contributed by atoms with Gasteiger partial charge >= 0.3 is 0 Å². The van der Waals surface area contributed by atoms with Crippen LogP contribution in [-0.4, -0.2) is 30.8 Å². The van der Waals surface area contributed by atoms with Crippen LogP contribution in [0.2, 0.25) is 0 Å². The van der Waals surface area contributed by atoms with Gasteiger partial charge in [0.05, 0.1) is 11.3 Å². The third-order valence-corrected chi connectivity index (χ3v) is 6.50. The minimum atomic E-state index is -0.109. The molecule has 7 nitrogen and oxygen atoms in total. The van der Waals surface area contributed by atoms with Crippen molar-refractivity contribution in [2.45, 2.75) is 38.9 Å². The van der Waals surface area contributed by atoms with E-state index < -0.39 is 0 Å². The van der Waals surface area contributed by atoms with Crippen molar-refractivity contribution in [2.24, 2.45) is 5.92 Å². The van der Waals surface area contributed by atoms with Gasteiger partial charge in [-0.3, -0.25) is 18.6 Å². The molecule has 1 amide bonds. The molecule has 0 unspecified atom stereocenters. The number of fused-ring (bicyclic) bond motifs is 3. The van der Waals surface area contributed by atoms with E-state index in [0.29, 0.717) is 28.1 Å². The van der Waals surface area contributed by atoms with Gasteiger partial charge in [0.1, 0.15) is 4.70 Å². The molecule has 0 atom stereocenters. The summed E-state index contributed by atoms with van der Waals surface area (Å²) in [6.07, 6.45) is 0.916. The molecule has 0 aliphatic heterocycles. The van der Waals surface area contributed by atoms with Crippen LogP contribution >= 0.6 is 23.1 Å². The number of thiophene rings is 1. The van der Waals surface area contributed by atoms with Crippen molar-refractivity contribution in [3.05, 3.63) is 51.6 Å². The SMILES string of the molecule is CCc1cccc(NC(=O)CSc2nnc3n(CC(C)C)c(=O)c4sccc4n23)c1. The van der Waals surface area contributed by atoms with Crippen molar-refractivity contribution >= 4 is 50.7 Å². The van der Waals surface area contributed by atoms with Gasteiger partial charge in [-0.15, -0.1) is 21.5 Å². The zero-order chi connectivity index (χ0) is 21.3. The van der Waals surface area contributed by atoms with Crippen LogP contribution in [0.25, 0.3) is 16.0 Å². The summed E-state index contributed by atoms with van der Waals surface area (Å²) in [5, 5.41) is 14.0. The van der Waals surface area contributed by atoms with Crippen molar-refractivity contribution in [1.82, 2.24) is 19.2 Å². The summed E-state index contributed by atoms with van der Waals surface area (Å²) in [5.74, 6) is 0.896. The third-order valence-electron chi connectivity index (χ3n) is 4.68. The summed E-state index contributed by atoms with van der Waals surface area (Å²) in [4.78, 5) is 25.4. The molecule has 0 aliphatic rings. The molecule has 0 saturated carbocycles. The highest BCUT2D eigenvalue weighted by atomic mass is 32.2. The number of carbonyl (C=O) groups is 1. The van der Waals surface area contributed by atoms with Crippen LogP contribution in [0.15, 0.2) is 45.7 Å². The lowest BCUT2D eigenvalue weighted by Crippen LogP contribution is -2.24. The molecule has 0 saturated heterocycles. The van der Waals surface area contributed by atoms with Gasteiger partial charge < -0.3 is 5.32 Å². The number of thioether (sulfide) groups is 1. The molecule has 156 valence electrons. The maximum absolute atomic E-state index is 12.9. The molecule has 0 bridgehead atoms. The maximum Gasteiger partial charge on any atom is 0.272 e. The summed E-state index contributed by atoms with van der Waals surface area (Å²) in [6.45, 7) is 6.77. The highest BCUT2D eigenvalue weighted by Gasteiger charge is 2.19. The molecular formula is C21H23N5O2S2. The van der Waals surface area contributed by atoms with E-state index in [2.05, 4.69) is 36.3 Å². The number of nitrogens with zero attached hydrogens (tertiary/aromatic N) is 4. The van der Waals surface area contributed by atoms with E-state index in [9.17, 15) is 9.59 Å². The summed E-state index contributed by atoms with van der Waals surface area (Å²) in [5.41, 5.74) is 2.70. The molecule has 0 aliphatic carbocycles. The molecule has 0 fully saturated rings. The number of anilines is 1. The quantitative estimate of drug-likeness (QED) is 0.438. The molecule has 4 aromatic rings. The van der Waals surface area contributed by atoms with Crippen LogP contribution in [0.1, 0.15) is 26.3 Å². The Bertz CT molecular complexity index is 1270. The standard InChI is InChI=1S/C21H23N5O2S2/c1-4-14-6-5-7-15(10-14)22-17(27)12-30-21-24-23-20-25(11-13(2)3)19(28)18-16(26(20)21)8-9-29-18/h5-10,13H,4,11-12H2,1-3H3,(H,22,27). The summed E-state index contributed by atoms with van der Waals surface area (Å²) in [6, 6.07) is 9.74. The number of amides is 1. The molecule has 1 N–H and O–H groups in total. The Hall–Kier alpha value is -2.65. The maximum atomic E-state index is 12.9. The van der Waals surface area contributed by atoms with Crippen molar-refractivity contribution in [3.8, 4) is 0 Å². The van der Waals surface area contributed by atoms with Crippen LogP contribution in [0, 0.1) is 5.92 Å². The summed E-state index contributed by atoms with van der Waals surface area (Å²) in [7, 11) is 0. The van der Waals surface area contributed by atoms with Gasteiger partial charge in [0, 0.05) is 12.2 Å². The first-order valence-electron chi connectivity index (χ1n) is 9.84. The van der Waals surface area contributed by atoms with E-state index in [1.165, 1.54) is 28.7 Å². The number of hydrogen-bond acceptors (Lipinski definition) is 6. The Morgan fingerprint density at radius 2 is 2.10 bits per heavy atom. The minimum Gasteiger partial charge on any atom is -0.325 e. The lowest BCUT2D eigenvalue weighted by Gasteiger charge is -2.11. The van der Waals surface area contributed by atoms with Gasteiger partial charge in [-0.05, 0) is 41.5 Å². The average Bonchev–Trinajstić information content (AvgIpc) is 3.36. The Labute approximate surface area is 182 Å². The minimum absolute atomic E-state index is 0.0429. The molecule has 30 heavy (non-hydrogen) atoms. The number of aromatic nitrogens is 4. The monoisotopic (exact) mass is 441 g/mol. The number of rotatable bonds is 7. The lowest BCUT2D eigenvalue weighted by atomic mass is 10.1. The largest absolute Gasteiger partial charge is 0.325 e. The number of benzene rings is 1. The van der Waals surface area contributed by atoms with E-state index in [1.807, 2.05) is 40.1 Å². The van der Waals surface area contributed by atoms with E-state index >= 15 is 0 Å². The van der Waals surface area contributed by atoms with Crippen molar-refractivity contribution in [3.63, 3.8) is 0 Å². The lowest BCUT2D eigenvalue weighted by molar-refractivity contribution is -0.113. The highest BCUT2D eigenvalue weighted by molar-refractivity contribution is 7.99.